The average Bonchev–Trinajstić information content (AvgIpc) is 3.90. The van der Waals surface area contributed by atoms with Gasteiger partial charge in [0, 0.05) is 77.3 Å². The highest BCUT2D eigenvalue weighted by molar-refractivity contribution is 5.74. The molecule has 246 valence electrons. The van der Waals surface area contributed by atoms with Gasteiger partial charge in [0.1, 0.15) is 5.82 Å². The summed E-state index contributed by atoms with van der Waals surface area (Å²) < 4.78 is 51.0. The van der Waals surface area contributed by atoms with Crippen molar-refractivity contribution in [2.45, 2.75) is 49.5 Å². The first-order chi connectivity index (χ1) is 22.1. The second-order valence-electron chi connectivity index (χ2n) is 12.6. The summed E-state index contributed by atoms with van der Waals surface area (Å²) in [5.74, 6) is 0.729. The Bertz CT molecular complexity index is 1450. The van der Waals surface area contributed by atoms with Crippen molar-refractivity contribution in [2.24, 2.45) is 0 Å². The summed E-state index contributed by atoms with van der Waals surface area (Å²) in [6, 6.07) is 20.8. The largest absolute Gasteiger partial charge is 0.481 e. The van der Waals surface area contributed by atoms with E-state index in [1.54, 1.807) is 19.0 Å². The number of urea groups is 1. The van der Waals surface area contributed by atoms with E-state index in [-0.39, 0.29) is 48.3 Å². The fourth-order valence-electron chi connectivity index (χ4n) is 6.83. The summed E-state index contributed by atoms with van der Waals surface area (Å²) in [6.45, 7) is 1.86. The summed E-state index contributed by atoms with van der Waals surface area (Å²) in [7, 11) is 4.99. The van der Waals surface area contributed by atoms with E-state index in [0.29, 0.717) is 44.1 Å². The Morgan fingerprint density at radius 2 is 1.57 bits per heavy atom. The van der Waals surface area contributed by atoms with Crippen LogP contribution >= 0.6 is 0 Å². The lowest BCUT2D eigenvalue weighted by Gasteiger charge is -2.53. The molecule has 1 aromatic heterocycles. The highest BCUT2D eigenvalue weighted by Gasteiger charge is 2.44. The summed E-state index contributed by atoms with van der Waals surface area (Å²) in [4.78, 5) is 30.4. The lowest BCUT2D eigenvalue weighted by molar-refractivity contribution is -0.154. The summed E-state index contributed by atoms with van der Waals surface area (Å²) in [5.41, 5.74) is 2.75. The molecule has 9 nitrogen and oxygen atoms in total. The second-order valence-corrected chi connectivity index (χ2v) is 12.6. The third-order valence-corrected chi connectivity index (χ3v) is 9.06. The predicted molar refractivity (Wildman–Crippen MR) is 167 cm³/mol. The number of benzene rings is 2. The Balaban J connectivity index is 1.38. The Labute approximate surface area is 267 Å². The number of piperazine rings is 2. The van der Waals surface area contributed by atoms with E-state index in [0.717, 1.165) is 12.8 Å². The molecule has 3 fully saturated rings. The number of carbonyl (C=O) groups excluding carboxylic acids is 1. The molecule has 2 aromatic carbocycles. The van der Waals surface area contributed by atoms with Crippen LogP contribution in [0.1, 0.15) is 47.2 Å². The van der Waals surface area contributed by atoms with Crippen molar-refractivity contribution in [3.8, 4) is 11.8 Å². The maximum absolute atomic E-state index is 13.3. The van der Waals surface area contributed by atoms with Crippen LogP contribution in [0.5, 0.6) is 11.8 Å². The van der Waals surface area contributed by atoms with E-state index in [9.17, 15) is 18.0 Å². The molecule has 46 heavy (non-hydrogen) atoms. The molecule has 0 N–H and O–H groups in total. The van der Waals surface area contributed by atoms with E-state index in [1.165, 1.54) is 18.2 Å². The van der Waals surface area contributed by atoms with Crippen LogP contribution in [0.4, 0.5) is 18.0 Å². The summed E-state index contributed by atoms with van der Waals surface area (Å²) in [5, 5.41) is 0. The van der Waals surface area contributed by atoms with Gasteiger partial charge in [-0.05, 0) is 24.0 Å². The smallest absolute Gasteiger partial charge is 0.422 e. The van der Waals surface area contributed by atoms with E-state index >= 15 is 0 Å². The zero-order chi connectivity index (χ0) is 32.4. The Morgan fingerprint density at radius 3 is 2.13 bits per heavy atom. The third-order valence-electron chi connectivity index (χ3n) is 9.06. The second kappa shape index (κ2) is 13.4. The van der Waals surface area contributed by atoms with Crippen molar-refractivity contribution in [2.75, 3.05) is 60.5 Å². The van der Waals surface area contributed by atoms with E-state index < -0.39 is 12.8 Å². The van der Waals surface area contributed by atoms with Crippen LogP contribution < -0.4 is 9.47 Å². The number of aromatic nitrogens is 2. The molecule has 2 amide bonds. The minimum Gasteiger partial charge on any atom is -0.481 e. The number of halogens is 3. The molecular formula is C34H41F3N6O3. The van der Waals surface area contributed by atoms with Crippen LogP contribution in [0.3, 0.4) is 0 Å². The first-order valence-corrected chi connectivity index (χ1v) is 15.8. The minimum absolute atomic E-state index is 0.0106. The van der Waals surface area contributed by atoms with Crippen LogP contribution in [-0.4, -0.2) is 114 Å². The van der Waals surface area contributed by atoms with Gasteiger partial charge in [0.15, 0.2) is 6.61 Å². The lowest BCUT2D eigenvalue weighted by Crippen LogP contribution is -2.67. The van der Waals surface area contributed by atoms with E-state index in [2.05, 4.69) is 44.0 Å². The van der Waals surface area contributed by atoms with Crippen LogP contribution in [-0.2, 0) is 6.54 Å². The highest BCUT2D eigenvalue weighted by atomic mass is 19.4. The van der Waals surface area contributed by atoms with Gasteiger partial charge >= 0.3 is 12.2 Å². The zero-order valence-electron chi connectivity index (χ0n) is 26.5. The standard InChI is InChI=1S/C34H41F3N6O3/c1-40(2)33(44)42-16-17-43-26(19-42)18-41(21-28(43)29(23-10-6-4-7-11-23)24-12-8-5-9-13-24)20-27-31(45-3)38-30(25-14-15-25)39-32(27)46-22-34(35,36)37/h4-13,25-26,28-29H,14-22H2,1-3H3/t26-,28+/m1/s1. The Kier molecular flexibility index (Phi) is 9.37. The van der Waals surface area contributed by atoms with E-state index in [4.69, 9.17) is 9.47 Å². The average molecular weight is 639 g/mol. The predicted octanol–water partition coefficient (Wildman–Crippen LogP) is 4.99. The molecule has 0 radical (unpaired) electrons. The summed E-state index contributed by atoms with van der Waals surface area (Å²) in [6.07, 6.45) is -2.75. The fraction of sp³-hybridized carbons (Fsp3) is 0.500. The molecule has 2 atom stereocenters. The first kappa shape index (κ1) is 32.1. The number of alkyl halides is 3. The molecule has 2 aliphatic heterocycles. The lowest BCUT2D eigenvalue weighted by atomic mass is 9.81. The maximum Gasteiger partial charge on any atom is 0.422 e. The van der Waals surface area contributed by atoms with Gasteiger partial charge in [0.05, 0.1) is 12.7 Å². The molecule has 3 aliphatic rings. The molecule has 3 heterocycles. The molecule has 6 rings (SSSR count). The van der Waals surface area contributed by atoms with Gasteiger partial charge in [-0.25, -0.2) is 4.79 Å². The molecule has 12 heteroatoms. The summed E-state index contributed by atoms with van der Waals surface area (Å²) >= 11 is 0. The van der Waals surface area contributed by atoms with Crippen molar-refractivity contribution >= 4 is 6.03 Å². The number of fused-ring (bicyclic) bond motifs is 1. The quantitative estimate of drug-likeness (QED) is 0.327. The van der Waals surface area contributed by atoms with Crippen molar-refractivity contribution in [3.05, 3.63) is 83.2 Å². The molecule has 3 aromatic rings. The van der Waals surface area contributed by atoms with Crippen LogP contribution in [0.15, 0.2) is 60.7 Å². The van der Waals surface area contributed by atoms with Crippen molar-refractivity contribution < 1.29 is 27.4 Å². The van der Waals surface area contributed by atoms with Gasteiger partial charge in [-0.1, -0.05) is 60.7 Å². The van der Waals surface area contributed by atoms with Gasteiger partial charge in [-0.15, -0.1) is 0 Å². The monoisotopic (exact) mass is 638 g/mol. The molecule has 0 spiro atoms. The highest BCUT2D eigenvalue weighted by Crippen LogP contribution is 2.42. The number of nitrogens with zero attached hydrogens (tertiary/aromatic N) is 6. The topological polar surface area (TPSA) is 74.3 Å². The van der Waals surface area contributed by atoms with E-state index in [1.807, 2.05) is 41.3 Å². The fourth-order valence-corrected chi connectivity index (χ4v) is 6.83. The number of rotatable bonds is 9. The molecule has 1 saturated carbocycles. The maximum atomic E-state index is 13.3. The third kappa shape index (κ3) is 7.23. The normalized spacial score (nSPS) is 20.8. The first-order valence-electron chi connectivity index (χ1n) is 15.8. The molecule has 0 unspecified atom stereocenters. The van der Waals surface area contributed by atoms with Gasteiger partial charge in [0.2, 0.25) is 11.8 Å². The minimum atomic E-state index is -4.52. The number of hydrogen-bond donors (Lipinski definition) is 0. The number of ether oxygens (including phenoxy) is 2. The molecular weight excluding hydrogens is 597 g/mol. The SMILES string of the molecule is COc1nc(C2CC2)nc(OCC(F)(F)F)c1CN1C[C@@H]2CN(C(=O)N(C)C)CCN2[C@H](C(c2ccccc2)c2ccccc2)C1. The van der Waals surface area contributed by atoms with Gasteiger partial charge < -0.3 is 19.3 Å². The van der Waals surface area contributed by atoms with Gasteiger partial charge in [-0.3, -0.25) is 9.80 Å². The van der Waals surface area contributed by atoms with Crippen LogP contribution in [0.2, 0.25) is 0 Å². The van der Waals surface area contributed by atoms with Crippen LogP contribution in [0, 0.1) is 0 Å². The van der Waals surface area contributed by atoms with Gasteiger partial charge in [-0.2, -0.15) is 23.1 Å². The van der Waals surface area contributed by atoms with Crippen LogP contribution in [0.25, 0.3) is 0 Å². The number of hydrogen-bond acceptors (Lipinski definition) is 7. The number of carbonyl (C=O) groups is 1. The zero-order valence-corrected chi connectivity index (χ0v) is 26.5. The van der Waals surface area contributed by atoms with Crippen molar-refractivity contribution in [1.29, 1.82) is 0 Å². The Hall–Kier alpha value is -3.90. The number of amides is 2. The van der Waals surface area contributed by atoms with Crippen molar-refractivity contribution in [3.63, 3.8) is 0 Å². The molecule has 0 bridgehead atoms. The molecule has 1 aliphatic carbocycles. The van der Waals surface area contributed by atoms with Crippen molar-refractivity contribution in [1.82, 2.24) is 29.6 Å². The number of methoxy groups -OCH3 is 1. The Morgan fingerprint density at radius 1 is 0.935 bits per heavy atom. The molecule has 2 saturated heterocycles. The van der Waals surface area contributed by atoms with Gasteiger partial charge in [0.25, 0.3) is 0 Å².